The average molecular weight is 270 g/mol. The highest BCUT2D eigenvalue weighted by Crippen LogP contribution is 2.30. The standard InChI is InChI=1S/C16H22N4/c1-12(2)19-8-10-20(11-9-19)15-6-5-14(17)16-13(15)4-3-7-18-16/h3-7,12H,8-11,17H2,1-2H3. The Hall–Kier alpha value is -1.81. The Labute approximate surface area is 120 Å². The van der Waals surface area contributed by atoms with E-state index in [1.54, 1.807) is 6.20 Å². The van der Waals surface area contributed by atoms with Crippen molar-refractivity contribution in [1.82, 2.24) is 9.88 Å². The Morgan fingerprint density at radius 3 is 2.55 bits per heavy atom. The highest BCUT2D eigenvalue weighted by atomic mass is 15.3. The molecule has 1 aliphatic heterocycles. The van der Waals surface area contributed by atoms with E-state index in [4.69, 9.17) is 5.73 Å². The molecule has 0 aliphatic carbocycles. The third-order valence-electron chi connectivity index (χ3n) is 4.16. The fraction of sp³-hybridized carbons (Fsp3) is 0.438. The molecule has 2 heterocycles. The van der Waals surface area contributed by atoms with Gasteiger partial charge in [-0.05, 0) is 38.1 Å². The fourth-order valence-corrected chi connectivity index (χ4v) is 2.93. The second kappa shape index (κ2) is 5.29. The van der Waals surface area contributed by atoms with Gasteiger partial charge in [0, 0.05) is 49.5 Å². The molecule has 0 amide bonds. The Morgan fingerprint density at radius 1 is 1.10 bits per heavy atom. The van der Waals surface area contributed by atoms with Crippen molar-refractivity contribution in [2.75, 3.05) is 36.8 Å². The first-order valence-corrected chi connectivity index (χ1v) is 7.29. The zero-order valence-corrected chi connectivity index (χ0v) is 12.2. The van der Waals surface area contributed by atoms with Gasteiger partial charge in [-0.1, -0.05) is 0 Å². The first-order chi connectivity index (χ1) is 9.66. The van der Waals surface area contributed by atoms with Crippen LogP contribution in [0.3, 0.4) is 0 Å². The smallest absolute Gasteiger partial charge is 0.0951 e. The van der Waals surface area contributed by atoms with Crippen molar-refractivity contribution in [3.05, 3.63) is 30.5 Å². The molecule has 2 N–H and O–H groups in total. The minimum absolute atomic E-state index is 0.627. The third-order valence-corrected chi connectivity index (χ3v) is 4.16. The van der Waals surface area contributed by atoms with Gasteiger partial charge in [0.15, 0.2) is 0 Å². The van der Waals surface area contributed by atoms with E-state index >= 15 is 0 Å². The highest BCUT2D eigenvalue weighted by molar-refractivity contribution is 5.98. The second-order valence-corrected chi connectivity index (χ2v) is 5.69. The summed E-state index contributed by atoms with van der Waals surface area (Å²) in [6.07, 6.45) is 1.80. The van der Waals surface area contributed by atoms with Crippen LogP contribution < -0.4 is 10.6 Å². The summed E-state index contributed by atoms with van der Waals surface area (Å²) < 4.78 is 0. The molecule has 20 heavy (non-hydrogen) atoms. The highest BCUT2D eigenvalue weighted by Gasteiger charge is 2.20. The predicted molar refractivity (Wildman–Crippen MR) is 85.1 cm³/mol. The van der Waals surface area contributed by atoms with Gasteiger partial charge in [0.2, 0.25) is 0 Å². The number of hydrogen-bond donors (Lipinski definition) is 1. The minimum Gasteiger partial charge on any atom is -0.397 e. The molecule has 0 unspecified atom stereocenters. The minimum atomic E-state index is 0.627. The molecular formula is C16H22N4. The number of benzene rings is 1. The van der Waals surface area contributed by atoms with Crippen molar-refractivity contribution in [3.8, 4) is 0 Å². The molecule has 4 heteroatoms. The van der Waals surface area contributed by atoms with Crippen LogP contribution in [-0.4, -0.2) is 42.1 Å². The number of piperazine rings is 1. The normalized spacial score (nSPS) is 17.1. The fourth-order valence-electron chi connectivity index (χ4n) is 2.93. The van der Waals surface area contributed by atoms with Gasteiger partial charge in [0.25, 0.3) is 0 Å². The summed E-state index contributed by atoms with van der Waals surface area (Å²) in [7, 11) is 0. The molecule has 0 bridgehead atoms. The van der Waals surface area contributed by atoms with E-state index in [9.17, 15) is 0 Å². The number of hydrogen-bond acceptors (Lipinski definition) is 4. The van der Waals surface area contributed by atoms with Gasteiger partial charge in [-0.2, -0.15) is 0 Å². The van der Waals surface area contributed by atoms with Crippen molar-refractivity contribution in [1.29, 1.82) is 0 Å². The molecule has 4 nitrogen and oxygen atoms in total. The third kappa shape index (κ3) is 2.31. The SMILES string of the molecule is CC(C)N1CCN(c2ccc(N)c3ncccc23)CC1. The van der Waals surface area contributed by atoms with Gasteiger partial charge in [-0.15, -0.1) is 0 Å². The first-order valence-electron chi connectivity index (χ1n) is 7.29. The van der Waals surface area contributed by atoms with Crippen LogP contribution in [-0.2, 0) is 0 Å². The molecule has 2 aromatic rings. The molecule has 1 aliphatic rings. The summed E-state index contributed by atoms with van der Waals surface area (Å²) in [5, 5.41) is 1.16. The van der Waals surface area contributed by atoms with Gasteiger partial charge in [0.1, 0.15) is 0 Å². The predicted octanol–water partition coefficient (Wildman–Crippen LogP) is 2.35. The van der Waals surface area contributed by atoms with Crippen LogP contribution in [0.4, 0.5) is 11.4 Å². The number of nitrogen functional groups attached to an aromatic ring is 1. The van der Waals surface area contributed by atoms with Crippen molar-refractivity contribution in [2.24, 2.45) is 0 Å². The Kier molecular flexibility index (Phi) is 3.49. The second-order valence-electron chi connectivity index (χ2n) is 5.69. The maximum Gasteiger partial charge on any atom is 0.0951 e. The summed E-state index contributed by atoms with van der Waals surface area (Å²) in [6.45, 7) is 8.88. The lowest BCUT2D eigenvalue weighted by atomic mass is 10.1. The Bertz CT molecular complexity index is 600. The largest absolute Gasteiger partial charge is 0.397 e. The van der Waals surface area contributed by atoms with Crippen LogP contribution >= 0.6 is 0 Å². The number of nitrogens with zero attached hydrogens (tertiary/aromatic N) is 3. The zero-order chi connectivity index (χ0) is 14.1. The van der Waals surface area contributed by atoms with Gasteiger partial charge in [-0.3, -0.25) is 9.88 Å². The van der Waals surface area contributed by atoms with Crippen molar-refractivity contribution in [2.45, 2.75) is 19.9 Å². The van der Waals surface area contributed by atoms with Crippen molar-refractivity contribution >= 4 is 22.3 Å². The summed E-state index contributed by atoms with van der Waals surface area (Å²) in [4.78, 5) is 9.39. The number of nitrogens with two attached hydrogens (primary N) is 1. The lowest BCUT2D eigenvalue weighted by Crippen LogP contribution is -2.48. The van der Waals surface area contributed by atoms with Gasteiger partial charge in [-0.25, -0.2) is 0 Å². The van der Waals surface area contributed by atoms with Crippen LogP contribution in [0, 0.1) is 0 Å². The molecule has 1 aromatic carbocycles. The van der Waals surface area contributed by atoms with Crippen LogP contribution in [0.1, 0.15) is 13.8 Å². The van der Waals surface area contributed by atoms with E-state index in [-0.39, 0.29) is 0 Å². The van der Waals surface area contributed by atoms with E-state index in [1.165, 1.54) is 5.69 Å². The quantitative estimate of drug-likeness (QED) is 0.851. The van der Waals surface area contributed by atoms with E-state index in [0.717, 1.165) is 42.8 Å². The Morgan fingerprint density at radius 2 is 1.85 bits per heavy atom. The lowest BCUT2D eigenvalue weighted by Gasteiger charge is -2.38. The van der Waals surface area contributed by atoms with E-state index in [2.05, 4.69) is 40.8 Å². The van der Waals surface area contributed by atoms with E-state index in [1.807, 2.05) is 12.1 Å². The summed E-state index contributed by atoms with van der Waals surface area (Å²) in [5.74, 6) is 0. The van der Waals surface area contributed by atoms with Crippen LogP contribution in [0.5, 0.6) is 0 Å². The molecule has 0 saturated carbocycles. The first kappa shape index (κ1) is 13.2. The summed E-state index contributed by atoms with van der Waals surface area (Å²) in [6, 6.07) is 8.82. The number of fused-ring (bicyclic) bond motifs is 1. The molecule has 1 saturated heterocycles. The lowest BCUT2D eigenvalue weighted by molar-refractivity contribution is 0.209. The molecule has 1 fully saturated rings. The maximum absolute atomic E-state index is 6.03. The Balaban J connectivity index is 1.90. The topological polar surface area (TPSA) is 45.4 Å². The maximum atomic E-state index is 6.03. The number of aromatic nitrogens is 1. The number of anilines is 2. The molecule has 0 atom stereocenters. The van der Waals surface area contributed by atoms with E-state index in [0.29, 0.717) is 6.04 Å². The number of pyridine rings is 1. The molecule has 1 aromatic heterocycles. The molecular weight excluding hydrogens is 248 g/mol. The van der Waals surface area contributed by atoms with Crippen molar-refractivity contribution < 1.29 is 0 Å². The number of rotatable bonds is 2. The molecule has 0 spiro atoms. The van der Waals surface area contributed by atoms with Crippen LogP contribution in [0.15, 0.2) is 30.5 Å². The monoisotopic (exact) mass is 270 g/mol. The van der Waals surface area contributed by atoms with E-state index < -0.39 is 0 Å². The average Bonchev–Trinajstić information content (AvgIpc) is 2.48. The molecule has 3 rings (SSSR count). The van der Waals surface area contributed by atoms with Crippen molar-refractivity contribution in [3.63, 3.8) is 0 Å². The zero-order valence-electron chi connectivity index (χ0n) is 12.2. The summed E-state index contributed by atoms with van der Waals surface area (Å²) in [5.41, 5.74) is 8.95. The molecule has 106 valence electrons. The van der Waals surface area contributed by atoms with Crippen LogP contribution in [0.2, 0.25) is 0 Å². The van der Waals surface area contributed by atoms with Gasteiger partial charge >= 0.3 is 0 Å². The van der Waals surface area contributed by atoms with Gasteiger partial charge in [0.05, 0.1) is 11.2 Å². The van der Waals surface area contributed by atoms with Crippen LogP contribution in [0.25, 0.3) is 10.9 Å². The molecule has 0 radical (unpaired) electrons. The van der Waals surface area contributed by atoms with Gasteiger partial charge < -0.3 is 10.6 Å². The summed E-state index contributed by atoms with van der Waals surface area (Å²) >= 11 is 0.